The maximum atomic E-state index is 12.3. The van der Waals surface area contributed by atoms with Crippen LogP contribution in [0.3, 0.4) is 0 Å². The smallest absolute Gasteiger partial charge is 0.347 e. The molecular weight excluding hydrogens is 356 g/mol. The number of aromatic nitrogens is 1. The molecule has 0 aliphatic heterocycles. The lowest BCUT2D eigenvalue weighted by Gasteiger charge is -2.13. The summed E-state index contributed by atoms with van der Waals surface area (Å²) < 4.78 is 10.5. The number of carbonyl (C=O) groups excluding carboxylic acids is 1. The first-order valence-electron chi connectivity index (χ1n) is 8.06. The molecule has 0 fully saturated rings. The van der Waals surface area contributed by atoms with Crippen LogP contribution in [0.25, 0.3) is 0 Å². The number of ether oxygens (including phenoxy) is 2. The number of amides is 1. The Morgan fingerprint density at radius 2 is 2.04 bits per heavy atom. The zero-order valence-corrected chi connectivity index (χ0v) is 16.0. The Bertz CT molecular complexity index is 803. The summed E-state index contributed by atoms with van der Waals surface area (Å²) in [5.41, 5.74) is 1.34. The maximum absolute atomic E-state index is 12.3. The third-order valence-electron chi connectivity index (χ3n) is 3.86. The fourth-order valence-electron chi connectivity index (χ4n) is 2.50. The van der Waals surface area contributed by atoms with E-state index in [9.17, 15) is 9.59 Å². The van der Waals surface area contributed by atoms with Crippen molar-refractivity contribution in [3.63, 3.8) is 0 Å². The van der Waals surface area contributed by atoms with Crippen molar-refractivity contribution in [2.75, 3.05) is 14.2 Å². The lowest BCUT2D eigenvalue weighted by molar-refractivity contribution is -0.121. The minimum absolute atomic E-state index is 0.146. The molecule has 26 heavy (non-hydrogen) atoms. The summed E-state index contributed by atoms with van der Waals surface area (Å²) in [6.07, 6.45) is 0.764. The number of carboxylic acid groups (broad SMARTS) is 1. The molecule has 7 nitrogen and oxygen atoms in total. The molecule has 0 spiro atoms. The number of nitrogens with zero attached hydrogens (tertiary/aromatic N) is 1. The van der Waals surface area contributed by atoms with Gasteiger partial charge in [-0.25, -0.2) is 9.78 Å². The maximum Gasteiger partial charge on any atom is 0.347 e. The lowest BCUT2D eigenvalue weighted by Crippen LogP contribution is -2.26. The van der Waals surface area contributed by atoms with Crippen LogP contribution in [0.4, 0.5) is 0 Å². The number of thiazole rings is 1. The van der Waals surface area contributed by atoms with Crippen molar-refractivity contribution in [2.45, 2.75) is 32.7 Å². The highest BCUT2D eigenvalue weighted by Gasteiger charge is 2.19. The van der Waals surface area contributed by atoms with Gasteiger partial charge in [0.25, 0.3) is 0 Å². The van der Waals surface area contributed by atoms with E-state index >= 15 is 0 Å². The Kier molecular flexibility index (Phi) is 6.57. The summed E-state index contributed by atoms with van der Waals surface area (Å²) in [7, 11) is 3.17. The number of carboxylic acids is 1. The number of hydrogen-bond donors (Lipinski definition) is 2. The van der Waals surface area contributed by atoms with Crippen LogP contribution >= 0.6 is 11.3 Å². The van der Waals surface area contributed by atoms with E-state index in [2.05, 4.69) is 10.3 Å². The van der Waals surface area contributed by atoms with Crippen LogP contribution in [-0.2, 0) is 11.2 Å². The van der Waals surface area contributed by atoms with Crippen molar-refractivity contribution in [1.82, 2.24) is 10.3 Å². The van der Waals surface area contributed by atoms with Crippen molar-refractivity contribution >= 4 is 23.2 Å². The molecule has 1 amide bonds. The van der Waals surface area contributed by atoms with Gasteiger partial charge >= 0.3 is 5.97 Å². The molecule has 1 unspecified atom stereocenters. The highest BCUT2D eigenvalue weighted by molar-refractivity contribution is 7.13. The normalized spacial score (nSPS) is 11.7. The summed E-state index contributed by atoms with van der Waals surface area (Å²) in [6, 6.07) is 5.10. The largest absolute Gasteiger partial charge is 0.497 e. The van der Waals surface area contributed by atoms with Gasteiger partial charge in [0.05, 0.1) is 26.0 Å². The van der Waals surface area contributed by atoms with Crippen LogP contribution in [0.5, 0.6) is 11.5 Å². The number of aromatic carboxylic acids is 1. The molecule has 0 saturated heterocycles. The van der Waals surface area contributed by atoms with Gasteiger partial charge in [0, 0.05) is 6.42 Å². The molecule has 2 N–H and O–H groups in total. The SMILES string of the molecule is COc1ccc(OC)c(CCC(=O)NC(C)c2nc(C)c(C(=O)O)s2)c1. The van der Waals surface area contributed by atoms with E-state index in [1.54, 1.807) is 40.2 Å². The number of benzene rings is 1. The van der Waals surface area contributed by atoms with E-state index in [0.717, 1.165) is 16.9 Å². The summed E-state index contributed by atoms with van der Waals surface area (Å²) in [5, 5.41) is 12.5. The molecule has 0 bridgehead atoms. The molecule has 0 saturated carbocycles. The number of aryl methyl sites for hydroxylation is 2. The van der Waals surface area contributed by atoms with Crippen molar-refractivity contribution in [3.8, 4) is 11.5 Å². The van der Waals surface area contributed by atoms with Gasteiger partial charge in [-0.05, 0) is 44.0 Å². The minimum atomic E-state index is -1.00. The predicted octanol–water partition coefficient (Wildman–Crippen LogP) is 2.98. The van der Waals surface area contributed by atoms with Gasteiger partial charge in [-0.2, -0.15) is 0 Å². The average Bonchev–Trinajstić information content (AvgIpc) is 3.01. The molecular formula is C18H22N2O5S. The van der Waals surface area contributed by atoms with Gasteiger partial charge < -0.3 is 19.9 Å². The van der Waals surface area contributed by atoms with Crippen molar-refractivity contribution < 1.29 is 24.2 Å². The zero-order valence-electron chi connectivity index (χ0n) is 15.2. The Hall–Kier alpha value is -2.61. The second-order valence-corrected chi connectivity index (χ2v) is 6.77. The van der Waals surface area contributed by atoms with Crippen LogP contribution in [0.1, 0.15) is 45.3 Å². The Morgan fingerprint density at radius 1 is 1.31 bits per heavy atom. The third kappa shape index (κ3) is 4.72. The number of nitrogens with one attached hydrogen (secondary N) is 1. The first kappa shape index (κ1) is 19.7. The Morgan fingerprint density at radius 3 is 2.62 bits per heavy atom. The van der Waals surface area contributed by atoms with Crippen molar-refractivity contribution in [3.05, 3.63) is 39.3 Å². The molecule has 140 valence electrons. The highest BCUT2D eigenvalue weighted by atomic mass is 32.1. The van der Waals surface area contributed by atoms with Gasteiger partial charge in [-0.15, -0.1) is 11.3 Å². The lowest BCUT2D eigenvalue weighted by atomic mass is 10.1. The molecule has 0 aliphatic rings. The first-order chi connectivity index (χ1) is 12.3. The predicted molar refractivity (Wildman–Crippen MR) is 98.2 cm³/mol. The molecule has 0 aliphatic carbocycles. The fraction of sp³-hybridized carbons (Fsp3) is 0.389. The molecule has 2 rings (SSSR count). The van der Waals surface area contributed by atoms with Crippen molar-refractivity contribution in [1.29, 1.82) is 0 Å². The molecule has 1 aromatic carbocycles. The third-order valence-corrected chi connectivity index (χ3v) is 5.19. The molecule has 2 aromatic rings. The molecule has 1 aromatic heterocycles. The van der Waals surface area contributed by atoms with E-state index in [-0.39, 0.29) is 23.2 Å². The van der Waals surface area contributed by atoms with Gasteiger partial charge in [0.1, 0.15) is 21.4 Å². The van der Waals surface area contributed by atoms with E-state index in [0.29, 0.717) is 28.6 Å². The van der Waals surface area contributed by atoms with Crippen LogP contribution in [0.2, 0.25) is 0 Å². The molecule has 0 radical (unpaired) electrons. The van der Waals surface area contributed by atoms with E-state index < -0.39 is 5.97 Å². The Balaban J connectivity index is 1.98. The first-order valence-corrected chi connectivity index (χ1v) is 8.88. The summed E-state index contributed by atoms with van der Waals surface area (Å²) >= 11 is 1.08. The monoisotopic (exact) mass is 378 g/mol. The average molecular weight is 378 g/mol. The van der Waals surface area contributed by atoms with Gasteiger partial charge in [0.2, 0.25) is 5.91 Å². The van der Waals surface area contributed by atoms with Gasteiger partial charge in [-0.3, -0.25) is 4.79 Å². The van der Waals surface area contributed by atoms with E-state index in [1.807, 2.05) is 6.07 Å². The number of carbonyl (C=O) groups is 2. The zero-order chi connectivity index (χ0) is 19.3. The van der Waals surface area contributed by atoms with Crippen LogP contribution in [0.15, 0.2) is 18.2 Å². The van der Waals surface area contributed by atoms with E-state index in [4.69, 9.17) is 14.6 Å². The second-order valence-electron chi connectivity index (χ2n) is 5.74. The topological polar surface area (TPSA) is 97.8 Å². The highest BCUT2D eigenvalue weighted by Crippen LogP contribution is 2.26. The van der Waals surface area contributed by atoms with E-state index in [1.165, 1.54) is 0 Å². The quantitative estimate of drug-likeness (QED) is 0.733. The number of rotatable bonds is 8. The summed E-state index contributed by atoms with van der Waals surface area (Å²) in [5.74, 6) is 0.254. The molecule has 1 atom stereocenters. The molecule has 8 heteroatoms. The van der Waals surface area contributed by atoms with Gasteiger partial charge in [-0.1, -0.05) is 0 Å². The van der Waals surface area contributed by atoms with Crippen molar-refractivity contribution in [2.24, 2.45) is 0 Å². The van der Waals surface area contributed by atoms with Crippen LogP contribution in [0, 0.1) is 6.92 Å². The number of hydrogen-bond acceptors (Lipinski definition) is 6. The fourth-order valence-corrected chi connectivity index (χ4v) is 3.41. The minimum Gasteiger partial charge on any atom is -0.497 e. The molecule has 1 heterocycles. The standard InChI is InChI=1S/C18H22N2O5S/c1-10-16(18(22)23)26-17(20-10)11(2)19-15(21)8-5-12-9-13(24-3)6-7-14(12)25-4/h6-7,9,11H,5,8H2,1-4H3,(H,19,21)(H,22,23). The van der Waals surface area contributed by atoms with Crippen LogP contribution < -0.4 is 14.8 Å². The number of methoxy groups -OCH3 is 2. The summed E-state index contributed by atoms with van der Waals surface area (Å²) in [4.78, 5) is 27.8. The van der Waals surface area contributed by atoms with Crippen LogP contribution in [-0.4, -0.2) is 36.2 Å². The Labute approximate surface area is 156 Å². The summed E-state index contributed by atoms with van der Waals surface area (Å²) in [6.45, 7) is 3.43. The van der Waals surface area contributed by atoms with Gasteiger partial charge in [0.15, 0.2) is 0 Å². The second kappa shape index (κ2) is 8.66.